The molecule has 3 rings (SSSR count). The van der Waals surface area contributed by atoms with E-state index in [4.69, 9.17) is 0 Å². The first-order valence-corrected chi connectivity index (χ1v) is 9.70. The summed E-state index contributed by atoms with van der Waals surface area (Å²) >= 11 is 0. The minimum absolute atomic E-state index is 0.0125. The van der Waals surface area contributed by atoms with E-state index < -0.39 is 0 Å². The summed E-state index contributed by atoms with van der Waals surface area (Å²) in [5.41, 5.74) is 4.64. The van der Waals surface area contributed by atoms with E-state index in [9.17, 15) is 9.59 Å². The molecule has 0 aromatic heterocycles. The van der Waals surface area contributed by atoms with Gasteiger partial charge < -0.3 is 9.80 Å². The molecule has 0 aliphatic heterocycles. The Kier molecular flexibility index (Phi) is 6.45. The fraction of sp³-hybridized carbons (Fsp3) is 0.200. The first-order chi connectivity index (χ1) is 14.0. The summed E-state index contributed by atoms with van der Waals surface area (Å²) < 4.78 is 0. The Morgan fingerprint density at radius 3 is 2.03 bits per heavy atom. The van der Waals surface area contributed by atoms with E-state index in [0.29, 0.717) is 6.54 Å². The molecule has 0 aliphatic carbocycles. The Bertz CT molecular complexity index is 984. The average molecular weight is 386 g/mol. The molecular weight excluding hydrogens is 360 g/mol. The van der Waals surface area contributed by atoms with Crippen molar-refractivity contribution in [2.24, 2.45) is 0 Å². The van der Waals surface area contributed by atoms with Crippen LogP contribution in [-0.2, 0) is 16.1 Å². The van der Waals surface area contributed by atoms with Gasteiger partial charge >= 0.3 is 0 Å². The highest BCUT2D eigenvalue weighted by Crippen LogP contribution is 2.23. The van der Waals surface area contributed by atoms with E-state index >= 15 is 0 Å². The van der Waals surface area contributed by atoms with Gasteiger partial charge in [0.15, 0.2) is 0 Å². The lowest BCUT2D eigenvalue weighted by Crippen LogP contribution is -2.42. The van der Waals surface area contributed by atoms with Crippen LogP contribution >= 0.6 is 0 Å². The molecule has 0 fully saturated rings. The van der Waals surface area contributed by atoms with Gasteiger partial charge in [0.05, 0.1) is 6.54 Å². The van der Waals surface area contributed by atoms with Crippen LogP contribution in [-0.4, -0.2) is 18.4 Å². The summed E-state index contributed by atoms with van der Waals surface area (Å²) in [6.45, 7) is 5.87. The van der Waals surface area contributed by atoms with Crippen molar-refractivity contribution in [3.05, 3.63) is 95.6 Å². The van der Waals surface area contributed by atoms with Crippen molar-refractivity contribution in [1.29, 1.82) is 0 Å². The minimum Gasteiger partial charge on any atom is -0.306 e. The molecular formula is C25H26N2O2. The van der Waals surface area contributed by atoms with Crippen molar-refractivity contribution in [2.45, 2.75) is 27.3 Å². The second-order valence-electron chi connectivity index (χ2n) is 7.20. The van der Waals surface area contributed by atoms with E-state index in [1.165, 1.54) is 6.92 Å². The fourth-order valence-corrected chi connectivity index (χ4v) is 3.29. The number of amides is 2. The van der Waals surface area contributed by atoms with Gasteiger partial charge in [-0.05, 0) is 48.7 Å². The molecule has 0 spiro atoms. The Labute approximate surface area is 172 Å². The van der Waals surface area contributed by atoms with Crippen LogP contribution in [0, 0.1) is 13.8 Å². The van der Waals surface area contributed by atoms with Gasteiger partial charge in [-0.1, -0.05) is 60.7 Å². The molecule has 0 N–H and O–H groups in total. The van der Waals surface area contributed by atoms with Gasteiger partial charge in [0, 0.05) is 18.3 Å². The molecule has 0 unspecified atom stereocenters. The van der Waals surface area contributed by atoms with Crippen molar-refractivity contribution >= 4 is 23.2 Å². The summed E-state index contributed by atoms with van der Waals surface area (Å²) in [6.07, 6.45) is 0. The molecule has 4 heteroatoms. The molecule has 2 amide bonds. The lowest BCUT2D eigenvalue weighted by Gasteiger charge is -2.28. The molecule has 148 valence electrons. The largest absolute Gasteiger partial charge is 0.306 e. The number of rotatable bonds is 6. The molecule has 0 heterocycles. The molecule has 0 atom stereocenters. The van der Waals surface area contributed by atoms with Gasteiger partial charge in [0.2, 0.25) is 11.8 Å². The number of para-hydroxylation sites is 1. The second-order valence-corrected chi connectivity index (χ2v) is 7.20. The molecule has 0 radical (unpaired) electrons. The van der Waals surface area contributed by atoms with Crippen LogP contribution in [0.3, 0.4) is 0 Å². The minimum atomic E-state index is -0.153. The Morgan fingerprint density at radius 2 is 1.41 bits per heavy atom. The lowest BCUT2D eigenvalue weighted by molar-refractivity contribution is -0.121. The predicted molar refractivity (Wildman–Crippen MR) is 118 cm³/mol. The highest BCUT2D eigenvalue weighted by Gasteiger charge is 2.23. The third-order valence-electron chi connectivity index (χ3n) is 4.88. The quantitative estimate of drug-likeness (QED) is 0.605. The van der Waals surface area contributed by atoms with Gasteiger partial charge in [-0.3, -0.25) is 9.59 Å². The number of benzene rings is 3. The number of aryl methyl sites for hydroxylation is 2. The highest BCUT2D eigenvalue weighted by molar-refractivity contribution is 6.03. The maximum atomic E-state index is 13.4. The van der Waals surface area contributed by atoms with Crippen molar-refractivity contribution in [3.8, 4) is 0 Å². The molecule has 0 saturated carbocycles. The van der Waals surface area contributed by atoms with E-state index in [0.717, 1.165) is 28.1 Å². The monoisotopic (exact) mass is 386 g/mol. The zero-order valence-corrected chi connectivity index (χ0v) is 17.1. The number of hydrogen-bond acceptors (Lipinski definition) is 2. The van der Waals surface area contributed by atoms with Crippen LogP contribution < -0.4 is 9.80 Å². The third-order valence-corrected chi connectivity index (χ3v) is 4.88. The maximum absolute atomic E-state index is 13.4. The zero-order chi connectivity index (χ0) is 20.8. The number of nitrogens with zero attached hydrogens (tertiary/aromatic N) is 2. The number of hydrogen-bond donors (Lipinski definition) is 0. The standard InChI is InChI=1S/C25H26N2O2/c1-19-14-15-20(2)24(16-19)26(21(3)28)18-25(29)27(23-12-8-5-9-13-23)17-22-10-6-4-7-11-22/h4-16H,17-18H2,1-3H3. The summed E-state index contributed by atoms with van der Waals surface area (Å²) in [7, 11) is 0. The second kappa shape index (κ2) is 9.20. The smallest absolute Gasteiger partial charge is 0.247 e. The third kappa shape index (κ3) is 5.11. The predicted octanol–water partition coefficient (Wildman–Crippen LogP) is 4.89. The summed E-state index contributed by atoms with van der Waals surface area (Å²) in [5.74, 6) is -0.282. The number of anilines is 2. The van der Waals surface area contributed by atoms with Crippen LogP contribution in [0.5, 0.6) is 0 Å². The van der Waals surface area contributed by atoms with Gasteiger partial charge in [-0.2, -0.15) is 0 Å². The molecule has 4 nitrogen and oxygen atoms in total. The van der Waals surface area contributed by atoms with Gasteiger partial charge in [-0.15, -0.1) is 0 Å². The first kappa shape index (κ1) is 20.3. The van der Waals surface area contributed by atoms with Crippen molar-refractivity contribution in [3.63, 3.8) is 0 Å². The molecule has 3 aromatic rings. The van der Waals surface area contributed by atoms with E-state index in [1.807, 2.05) is 92.7 Å². The van der Waals surface area contributed by atoms with Crippen LogP contribution in [0.2, 0.25) is 0 Å². The van der Waals surface area contributed by atoms with Crippen molar-refractivity contribution < 1.29 is 9.59 Å². The van der Waals surface area contributed by atoms with Gasteiger partial charge in [0.1, 0.15) is 6.54 Å². The number of carbonyl (C=O) groups excluding carboxylic acids is 2. The van der Waals surface area contributed by atoms with Gasteiger partial charge in [0.25, 0.3) is 0 Å². The van der Waals surface area contributed by atoms with Gasteiger partial charge in [-0.25, -0.2) is 0 Å². The van der Waals surface area contributed by atoms with Crippen LogP contribution in [0.1, 0.15) is 23.6 Å². The van der Waals surface area contributed by atoms with Crippen LogP contribution in [0.25, 0.3) is 0 Å². The van der Waals surface area contributed by atoms with E-state index in [-0.39, 0.29) is 18.4 Å². The SMILES string of the molecule is CC(=O)N(CC(=O)N(Cc1ccccc1)c1ccccc1)c1cc(C)ccc1C. The highest BCUT2D eigenvalue weighted by atomic mass is 16.2. The van der Waals surface area contributed by atoms with Crippen molar-refractivity contribution in [2.75, 3.05) is 16.3 Å². The topological polar surface area (TPSA) is 40.6 Å². The fourth-order valence-electron chi connectivity index (χ4n) is 3.29. The summed E-state index contributed by atoms with van der Waals surface area (Å²) in [4.78, 5) is 29.1. The average Bonchev–Trinajstić information content (AvgIpc) is 2.73. The molecule has 0 aliphatic rings. The zero-order valence-electron chi connectivity index (χ0n) is 17.1. The summed E-state index contributed by atoms with van der Waals surface area (Å²) in [6, 6.07) is 25.4. The molecule has 0 saturated heterocycles. The normalized spacial score (nSPS) is 10.4. The van der Waals surface area contributed by atoms with Crippen LogP contribution in [0.15, 0.2) is 78.9 Å². The van der Waals surface area contributed by atoms with Crippen LogP contribution in [0.4, 0.5) is 11.4 Å². The molecule has 29 heavy (non-hydrogen) atoms. The maximum Gasteiger partial charge on any atom is 0.247 e. The first-order valence-electron chi connectivity index (χ1n) is 9.70. The molecule has 0 bridgehead atoms. The van der Waals surface area contributed by atoms with E-state index in [1.54, 1.807) is 9.80 Å². The summed E-state index contributed by atoms with van der Waals surface area (Å²) in [5, 5.41) is 0. The number of carbonyl (C=O) groups is 2. The Balaban J connectivity index is 1.92. The Morgan fingerprint density at radius 1 is 0.793 bits per heavy atom. The molecule has 3 aromatic carbocycles. The Hall–Kier alpha value is -3.40. The lowest BCUT2D eigenvalue weighted by atomic mass is 10.1. The van der Waals surface area contributed by atoms with Crippen molar-refractivity contribution in [1.82, 2.24) is 0 Å². The van der Waals surface area contributed by atoms with E-state index in [2.05, 4.69) is 0 Å².